The number of halogens is 2. The molecule has 1 rings (SSSR count). The molecular weight excluding hydrogens is 323 g/mol. The number of primary amides is 1. The Bertz CT molecular complexity index is 303. The quantitative estimate of drug-likeness (QED) is 0.629. The van der Waals surface area contributed by atoms with E-state index >= 15 is 0 Å². The molecule has 1 heterocycles. The number of rotatable bonds is 1. The Morgan fingerprint density at radius 1 is 1.73 bits per heavy atom. The highest BCUT2D eigenvalue weighted by molar-refractivity contribution is 14.1. The van der Waals surface area contributed by atoms with Crippen molar-refractivity contribution in [2.24, 2.45) is 5.73 Å². The predicted molar refractivity (Wildman–Crippen MR) is 53.2 cm³/mol. The van der Waals surface area contributed by atoms with Crippen molar-refractivity contribution in [1.29, 1.82) is 0 Å². The molecule has 0 atom stereocenters. The summed E-state index contributed by atoms with van der Waals surface area (Å²) in [5, 5.41) is 0. The molecule has 58 valence electrons. The lowest BCUT2D eigenvalue weighted by Gasteiger charge is -1.96. The molecule has 0 fully saturated rings. The second-order valence-corrected chi connectivity index (χ2v) is 3.74. The molecule has 1 aromatic heterocycles. The average molecular weight is 327 g/mol. The van der Waals surface area contributed by atoms with E-state index in [1.807, 2.05) is 0 Å². The second-order valence-electron chi connectivity index (χ2n) is 1.86. The minimum Gasteiger partial charge on any atom is -0.366 e. The molecule has 0 unspecified atom stereocenters. The first kappa shape index (κ1) is 8.92. The standard InChI is InChI=1S/C6H4BrIN2O/c7-4-1-3(6(9)11)2-10-5(4)8/h1-2H,(H2,9,11). The SMILES string of the molecule is NC(=O)c1cnc(I)c(Br)c1. The van der Waals surface area contributed by atoms with Crippen LogP contribution in [0.3, 0.4) is 0 Å². The van der Waals surface area contributed by atoms with E-state index in [-0.39, 0.29) is 0 Å². The van der Waals surface area contributed by atoms with Crippen LogP contribution in [-0.2, 0) is 0 Å². The summed E-state index contributed by atoms with van der Waals surface area (Å²) in [5.74, 6) is -0.463. The molecule has 0 saturated heterocycles. The second kappa shape index (κ2) is 3.48. The number of carbonyl (C=O) groups is 1. The molecule has 0 radical (unpaired) electrons. The zero-order valence-electron chi connectivity index (χ0n) is 5.34. The van der Waals surface area contributed by atoms with Gasteiger partial charge in [0.2, 0.25) is 5.91 Å². The van der Waals surface area contributed by atoms with E-state index in [1.165, 1.54) is 6.20 Å². The van der Waals surface area contributed by atoms with Crippen molar-refractivity contribution in [3.63, 3.8) is 0 Å². The maximum absolute atomic E-state index is 10.6. The molecule has 2 N–H and O–H groups in total. The Kier molecular flexibility index (Phi) is 2.83. The first-order valence-corrected chi connectivity index (χ1v) is 4.59. The van der Waals surface area contributed by atoms with E-state index in [1.54, 1.807) is 6.07 Å². The molecule has 0 aliphatic heterocycles. The van der Waals surface area contributed by atoms with Crippen LogP contribution >= 0.6 is 38.5 Å². The molecule has 5 heteroatoms. The molecular formula is C6H4BrIN2O. The van der Waals surface area contributed by atoms with Crippen LogP contribution in [0.25, 0.3) is 0 Å². The molecule has 0 saturated carbocycles. The van der Waals surface area contributed by atoms with Gasteiger partial charge in [-0.3, -0.25) is 4.79 Å². The Balaban J connectivity index is 3.15. The van der Waals surface area contributed by atoms with Crippen LogP contribution in [0, 0.1) is 3.70 Å². The lowest BCUT2D eigenvalue weighted by molar-refractivity contribution is 0.1000. The van der Waals surface area contributed by atoms with Gasteiger partial charge in [-0.15, -0.1) is 0 Å². The number of nitrogens with zero attached hydrogens (tertiary/aromatic N) is 1. The van der Waals surface area contributed by atoms with Gasteiger partial charge >= 0.3 is 0 Å². The fraction of sp³-hybridized carbons (Fsp3) is 0. The summed E-state index contributed by atoms with van der Waals surface area (Å²) in [7, 11) is 0. The largest absolute Gasteiger partial charge is 0.366 e. The third kappa shape index (κ3) is 2.13. The van der Waals surface area contributed by atoms with Gasteiger partial charge in [-0.25, -0.2) is 4.98 Å². The van der Waals surface area contributed by atoms with Gasteiger partial charge < -0.3 is 5.73 Å². The minimum absolute atomic E-state index is 0.414. The number of hydrogen-bond acceptors (Lipinski definition) is 2. The van der Waals surface area contributed by atoms with E-state index in [0.29, 0.717) is 5.56 Å². The van der Waals surface area contributed by atoms with E-state index in [9.17, 15) is 4.79 Å². The molecule has 1 aromatic rings. The Morgan fingerprint density at radius 2 is 2.36 bits per heavy atom. The molecule has 11 heavy (non-hydrogen) atoms. The predicted octanol–water partition coefficient (Wildman–Crippen LogP) is 1.55. The molecule has 1 amide bonds. The minimum atomic E-state index is -0.463. The summed E-state index contributed by atoms with van der Waals surface area (Å²) in [6.45, 7) is 0. The van der Waals surface area contributed by atoms with Gasteiger partial charge in [0, 0.05) is 6.20 Å². The molecule has 3 nitrogen and oxygen atoms in total. The Morgan fingerprint density at radius 3 is 2.82 bits per heavy atom. The van der Waals surface area contributed by atoms with Gasteiger partial charge in [0.25, 0.3) is 0 Å². The Labute approximate surface area is 85.6 Å². The fourth-order valence-corrected chi connectivity index (χ4v) is 1.20. The number of nitrogens with two attached hydrogens (primary N) is 1. The maximum Gasteiger partial charge on any atom is 0.250 e. The zero-order chi connectivity index (χ0) is 8.43. The Hall–Kier alpha value is -0.170. The lowest BCUT2D eigenvalue weighted by atomic mass is 10.3. The van der Waals surface area contributed by atoms with Crippen molar-refractivity contribution >= 4 is 44.4 Å². The molecule has 0 aromatic carbocycles. The highest BCUT2D eigenvalue weighted by Gasteiger charge is 2.03. The fourth-order valence-electron chi connectivity index (χ4n) is 0.556. The molecule has 0 bridgehead atoms. The summed E-state index contributed by atoms with van der Waals surface area (Å²) in [6, 6.07) is 1.65. The average Bonchev–Trinajstić information content (AvgIpc) is 1.94. The lowest BCUT2D eigenvalue weighted by Crippen LogP contribution is -2.11. The van der Waals surface area contributed by atoms with Gasteiger partial charge in [-0.05, 0) is 44.6 Å². The summed E-state index contributed by atoms with van der Waals surface area (Å²) in [4.78, 5) is 14.6. The monoisotopic (exact) mass is 326 g/mol. The smallest absolute Gasteiger partial charge is 0.250 e. The third-order valence-electron chi connectivity index (χ3n) is 1.08. The van der Waals surface area contributed by atoms with Crippen molar-refractivity contribution in [2.75, 3.05) is 0 Å². The number of amides is 1. The van der Waals surface area contributed by atoms with Crippen molar-refractivity contribution in [2.45, 2.75) is 0 Å². The van der Waals surface area contributed by atoms with Crippen LogP contribution in [0.2, 0.25) is 0 Å². The summed E-state index contributed by atoms with van der Waals surface area (Å²) in [5.41, 5.74) is 5.44. The highest BCUT2D eigenvalue weighted by Crippen LogP contribution is 2.17. The number of hydrogen-bond donors (Lipinski definition) is 1. The molecule has 0 spiro atoms. The van der Waals surface area contributed by atoms with Gasteiger partial charge in [0.1, 0.15) is 3.70 Å². The normalized spacial score (nSPS) is 9.64. The van der Waals surface area contributed by atoms with Crippen LogP contribution in [0.5, 0.6) is 0 Å². The first-order valence-electron chi connectivity index (χ1n) is 2.72. The van der Waals surface area contributed by atoms with Crippen LogP contribution in [0.15, 0.2) is 16.7 Å². The van der Waals surface area contributed by atoms with E-state index in [2.05, 4.69) is 43.5 Å². The summed E-state index contributed by atoms with van der Waals surface area (Å²) >= 11 is 5.29. The van der Waals surface area contributed by atoms with Crippen molar-refractivity contribution in [3.8, 4) is 0 Å². The van der Waals surface area contributed by atoms with Crippen LogP contribution in [0.4, 0.5) is 0 Å². The van der Waals surface area contributed by atoms with E-state index in [0.717, 1.165) is 8.17 Å². The number of carbonyl (C=O) groups excluding carboxylic acids is 1. The van der Waals surface area contributed by atoms with Crippen molar-refractivity contribution < 1.29 is 4.79 Å². The number of pyridine rings is 1. The van der Waals surface area contributed by atoms with E-state index < -0.39 is 5.91 Å². The summed E-state index contributed by atoms with van der Waals surface area (Å²) < 4.78 is 1.60. The molecule has 0 aliphatic rings. The van der Waals surface area contributed by atoms with Gasteiger partial charge in [-0.2, -0.15) is 0 Å². The van der Waals surface area contributed by atoms with Gasteiger partial charge in [0.05, 0.1) is 10.0 Å². The first-order chi connectivity index (χ1) is 5.11. The number of aromatic nitrogens is 1. The van der Waals surface area contributed by atoms with Crippen molar-refractivity contribution in [1.82, 2.24) is 4.98 Å². The highest BCUT2D eigenvalue weighted by atomic mass is 127. The van der Waals surface area contributed by atoms with Gasteiger partial charge in [0.15, 0.2) is 0 Å². The third-order valence-corrected chi connectivity index (χ3v) is 3.29. The maximum atomic E-state index is 10.6. The zero-order valence-corrected chi connectivity index (χ0v) is 9.09. The van der Waals surface area contributed by atoms with Crippen LogP contribution in [0.1, 0.15) is 10.4 Å². The molecule has 0 aliphatic carbocycles. The van der Waals surface area contributed by atoms with Crippen LogP contribution < -0.4 is 5.73 Å². The van der Waals surface area contributed by atoms with Crippen molar-refractivity contribution in [3.05, 3.63) is 26.0 Å². The topological polar surface area (TPSA) is 56.0 Å². The van der Waals surface area contributed by atoms with Gasteiger partial charge in [-0.1, -0.05) is 0 Å². The summed E-state index contributed by atoms with van der Waals surface area (Å²) in [6.07, 6.45) is 1.45. The van der Waals surface area contributed by atoms with Crippen LogP contribution in [-0.4, -0.2) is 10.9 Å². The van der Waals surface area contributed by atoms with E-state index in [4.69, 9.17) is 5.73 Å².